The summed E-state index contributed by atoms with van der Waals surface area (Å²) in [5.41, 5.74) is 6.62. The summed E-state index contributed by atoms with van der Waals surface area (Å²) in [6.45, 7) is 6.51. The van der Waals surface area contributed by atoms with Crippen molar-refractivity contribution in [1.82, 2.24) is 0 Å². The van der Waals surface area contributed by atoms with Crippen LogP contribution in [0.15, 0.2) is 71.8 Å². The van der Waals surface area contributed by atoms with Crippen LogP contribution in [0.3, 0.4) is 0 Å². The van der Waals surface area contributed by atoms with Gasteiger partial charge in [-0.05, 0) is 78.4 Å². The molecule has 0 heterocycles. The fourth-order valence-electron chi connectivity index (χ4n) is 3.12. The van der Waals surface area contributed by atoms with Crippen molar-refractivity contribution < 1.29 is 9.66 Å². The molecular formula is C24H25IN4O3. The van der Waals surface area contributed by atoms with Crippen LogP contribution in [-0.4, -0.2) is 24.2 Å². The molecule has 0 saturated carbocycles. The van der Waals surface area contributed by atoms with E-state index in [0.29, 0.717) is 12.3 Å². The third kappa shape index (κ3) is 6.43. The predicted octanol–water partition coefficient (Wildman–Crippen LogP) is 6.07. The summed E-state index contributed by atoms with van der Waals surface area (Å²) < 4.78 is 7.35. The van der Waals surface area contributed by atoms with E-state index in [1.165, 1.54) is 15.7 Å². The lowest BCUT2D eigenvalue weighted by Gasteiger charge is -2.22. The molecule has 0 bridgehead atoms. The largest absolute Gasteiger partial charge is 0.488 e. The molecule has 166 valence electrons. The molecule has 0 spiro atoms. The van der Waals surface area contributed by atoms with Gasteiger partial charge in [-0.2, -0.15) is 5.10 Å². The number of benzene rings is 3. The Morgan fingerprint density at radius 1 is 1.06 bits per heavy atom. The number of nitrogens with zero attached hydrogens (tertiary/aromatic N) is 3. The summed E-state index contributed by atoms with van der Waals surface area (Å²) in [4.78, 5) is 12.6. The van der Waals surface area contributed by atoms with Gasteiger partial charge in [0.15, 0.2) is 0 Å². The molecule has 3 aromatic carbocycles. The van der Waals surface area contributed by atoms with Crippen LogP contribution < -0.4 is 15.1 Å². The molecule has 8 heteroatoms. The number of nitro benzene ring substituents is 1. The molecule has 3 aromatic rings. The van der Waals surface area contributed by atoms with E-state index in [1.54, 1.807) is 18.3 Å². The van der Waals surface area contributed by atoms with Crippen molar-refractivity contribution in [3.63, 3.8) is 0 Å². The molecule has 3 rings (SSSR count). The number of nitro groups is 1. The van der Waals surface area contributed by atoms with E-state index in [-0.39, 0.29) is 5.69 Å². The molecule has 0 radical (unpaired) electrons. The summed E-state index contributed by atoms with van der Waals surface area (Å²) in [6, 6.07) is 20.4. The molecule has 0 atom stereocenters. The topological polar surface area (TPSA) is 80.0 Å². The number of non-ortho nitro benzene ring substituents is 1. The van der Waals surface area contributed by atoms with Crippen LogP contribution in [-0.2, 0) is 6.61 Å². The van der Waals surface area contributed by atoms with Gasteiger partial charge >= 0.3 is 0 Å². The number of hydrogen-bond donors (Lipinski definition) is 1. The second kappa shape index (κ2) is 11.5. The molecule has 0 aromatic heterocycles. The highest BCUT2D eigenvalue weighted by Gasteiger charge is 2.09. The van der Waals surface area contributed by atoms with E-state index in [9.17, 15) is 10.1 Å². The summed E-state index contributed by atoms with van der Waals surface area (Å²) in [5.74, 6) is 0.738. The van der Waals surface area contributed by atoms with Crippen LogP contribution >= 0.6 is 22.6 Å². The average Bonchev–Trinajstić information content (AvgIpc) is 2.81. The predicted molar refractivity (Wildman–Crippen MR) is 138 cm³/mol. The number of anilines is 2. The Kier molecular flexibility index (Phi) is 8.43. The maximum Gasteiger partial charge on any atom is 0.269 e. The molecule has 32 heavy (non-hydrogen) atoms. The zero-order chi connectivity index (χ0) is 22.9. The first-order chi connectivity index (χ1) is 15.5. The molecule has 0 unspecified atom stereocenters. The maximum atomic E-state index is 10.8. The Bertz CT molecular complexity index is 1070. The quantitative estimate of drug-likeness (QED) is 0.145. The van der Waals surface area contributed by atoms with Crippen LogP contribution in [0, 0.1) is 13.7 Å². The van der Waals surface area contributed by atoms with Gasteiger partial charge in [-0.3, -0.25) is 15.5 Å². The lowest BCUT2D eigenvalue weighted by Crippen LogP contribution is -2.21. The zero-order valence-electron chi connectivity index (χ0n) is 18.0. The summed E-state index contributed by atoms with van der Waals surface area (Å²) in [6.07, 6.45) is 1.69. The van der Waals surface area contributed by atoms with Crippen LogP contribution in [0.2, 0.25) is 0 Å². The molecule has 0 aliphatic carbocycles. The Morgan fingerprint density at radius 2 is 1.75 bits per heavy atom. The maximum absolute atomic E-state index is 10.8. The standard InChI is InChI=1S/C24H25IN4O3/c1-3-28(4-2)23-12-7-19(16-26-27-21-10-13-22(14-11-21)29(30)31)24(15-23)32-17-18-5-8-20(25)9-6-18/h5-16,27H,3-4,17H2,1-2H3/b26-16-. The van der Waals surface area contributed by atoms with Gasteiger partial charge in [-0.25, -0.2) is 0 Å². The Labute approximate surface area is 201 Å². The third-order valence-corrected chi connectivity index (χ3v) is 5.63. The molecule has 0 fully saturated rings. The second-order valence-corrected chi connectivity index (χ2v) is 8.23. The van der Waals surface area contributed by atoms with E-state index >= 15 is 0 Å². The van der Waals surface area contributed by atoms with Crippen molar-refractivity contribution in [2.75, 3.05) is 23.4 Å². The molecular weight excluding hydrogens is 519 g/mol. The molecule has 0 aliphatic heterocycles. The van der Waals surface area contributed by atoms with Crippen molar-refractivity contribution >= 4 is 45.9 Å². The minimum absolute atomic E-state index is 0.0396. The summed E-state index contributed by atoms with van der Waals surface area (Å²) >= 11 is 2.28. The van der Waals surface area contributed by atoms with Crippen LogP contribution in [0.1, 0.15) is 25.0 Å². The highest BCUT2D eigenvalue weighted by molar-refractivity contribution is 14.1. The number of rotatable bonds is 10. The average molecular weight is 544 g/mol. The molecule has 1 N–H and O–H groups in total. The van der Waals surface area contributed by atoms with Gasteiger partial charge in [0.05, 0.1) is 16.8 Å². The number of ether oxygens (including phenoxy) is 1. The van der Waals surface area contributed by atoms with Gasteiger partial charge in [0, 0.05) is 46.1 Å². The van der Waals surface area contributed by atoms with Crippen molar-refractivity contribution in [1.29, 1.82) is 0 Å². The van der Waals surface area contributed by atoms with Crippen LogP contribution in [0.4, 0.5) is 17.1 Å². The number of halogens is 1. The van der Waals surface area contributed by atoms with Crippen molar-refractivity contribution in [2.45, 2.75) is 20.5 Å². The van der Waals surface area contributed by atoms with Crippen molar-refractivity contribution in [2.24, 2.45) is 5.10 Å². The second-order valence-electron chi connectivity index (χ2n) is 6.98. The fraction of sp³-hybridized carbons (Fsp3) is 0.208. The van der Waals surface area contributed by atoms with Gasteiger partial charge in [0.25, 0.3) is 5.69 Å². The number of hydrogen-bond acceptors (Lipinski definition) is 6. The smallest absolute Gasteiger partial charge is 0.269 e. The third-order valence-electron chi connectivity index (χ3n) is 4.91. The lowest BCUT2D eigenvalue weighted by molar-refractivity contribution is -0.384. The summed E-state index contributed by atoms with van der Waals surface area (Å²) in [5, 5.41) is 15.1. The van der Waals surface area contributed by atoms with Gasteiger partial charge in [0.2, 0.25) is 0 Å². The van der Waals surface area contributed by atoms with Gasteiger partial charge in [0.1, 0.15) is 12.4 Å². The normalized spacial score (nSPS) is 10.8. The molecule has 0 aliphatic rings. The van der Waals surface area contributed by atoms with Gasteiger partial charge < -0.3 is 9.64 Å². The minimum atomic E-state index is -0.429. The summed E-state index contributed by atoms with van der Waals surface area (Å²) in [7, 11) is 0. The number of hydrazone groups is 1. The van der Waals surface area contributed by atoms with E-state index < -0.39 is 4.92 Å². The van der Waals surface area contributed by atoms with E-state index in [1.807, 2.05) is 12.1 Å². The fourth-order valence-corrected chi connectivity index (χ4v) is 3.48. The zero-order valence-corrected chi connectivity index (χ0v) is 20.2. The lowest BCUT2D eigenvalue weighted by atomic mass is 10.1. The monoisotopic (exact) mass is 544 g/mol. The Hall–Kier alpha value is -3.14. The highest BCUT2D eigenvalue weighted by Crippen LogP contribution is 2.26. The SMILES string of the molecule is CCN(CC)c1ccc(/C=N\Nc2ccc([N+](=O)[O-])cc2)c(OCc2ccc(I)cc2)c1. The van der Waals surface area contributed by atoms with E-state index in [0.717, 1.165) is 35.7 Å². The Balaban J connectivity index is 1.78. The molecule has 0 amide bonds. The first kappa shape index (κ1) is 23.5. The van der Waals surface area contributed by atoms with Crippen molar-refractivity contribution in [3.8, 4) is 5.75 Å². The van der Waals surface area contributed by atoms with Crippen LogP contribution in [0.5, 0.6) is 5.75 Å². The molecule has 0 saturated heterocycles. The number of nitrogens with one attached hydrogen (secondary N) is 1. The first-order valence-corrected chi connectivity index (χ1v) is 11.4. The minimum Gasteiger partial charge on any atom is -0.488 e. The molecule has 7 nitrogen and oxygen atoms in total. The van der Waals surface area contributed by atoms with Crippen molar-refractivity contribution in [3.05, 3.63) is 91.5 Å². The Morgan fingerprint density at radius 3 is 2.38 bits per heavy atom. The van der Waals surface area contributed by atoms with Crippen LogP contribution in [0.25, 0.3) is 0 Å². The first-order valence-electron chi connectivity index (χ1n) is 10.3. The highest BCUT2D eigenvalue weighted by atomic mass is 127. The van der Waals surface area contributed by atoms with E-state index in [4.69, 9.17) is 4.74 Å². The van der Waals surface area contributed by atoms with Gasteiger partial charge in [-0.1, -0.05) is 12.1 Å². The van der Waals surface area contributed by atoms with Gasteiger partial charge in [-0.15, -0.1) is 0 Å². The van der Waals surface area contributed by atoms with E-state index in [2.05, 4.69) is 82.2 Å².